The van der Waals surface area contributed by atoms with E-state index < -0.39 is 11.8 Å². The summed E-state index contributed by atoms with van der Waals surface area (Å²) >= 11 is 0. The second kappa shape index (κ2) is 8.73. The van der Waals surface area contributed by atoms with Crippen molar-refractivity contribution in [3.05, 3.63) is 66.8 Å². The average molecular weight is 450 g/mol. The molecule has 0 radical (unpaired) electrons. The van der Waals surface area contributed by atoms with Gasteiger partial charge in [0, 0.05) is 36.9 Å². The van der Waals surface area contributed by atoms with Gasteiger partial charge < -0.3 is 14.5 Å². The minimum atomic E-state index is -0.645. The Hall–Kier alpha value is -4.21. The smallest absolute Gasteiger partial charge is 0.324 e. The first-order valence-electron chi connectivity index (χ1n) is 10.1. The number of oxazole rings is 1. The number of hydrogen-bond donors (Lipinski definition) is 2. The normalized spacial score (nSPS) is 11.3. The Bertz CT molecular complexity index is 1280. The summed E-state index contributed by atoms with van der Waals surface area (Å²) in [5.41, 5.74) is 1.79. The summed E-state index contributed by atoms with van der Waals surface area (Å²) < 4.78 is 26.9. The van der Waals surface area contributed by atoms with Crippen LogP contribution in [0.4, 0.5) is 20.7 Å². The van der Waals surface area contributed by atoms with Crippen LogP contribution in [0.5, 0.6) is 11.5 Å². The second-order valence-corrected chi connectivity index (χ2v) is 8.36. The lowest BCUT2D eigenvalue weighted by Crippen LogP contribution is -2.21. The molecule has 0 fully saturated rings. The Morgan fingerprint density at radius 1 is 1.06 bits per heavy atom. The molecular formula is C23H23FN6O3. The number of aryl methyl sites for hydroxylation is 1. The van der Waals surface area contributed by atoms with Crippen molar-refractivity contribution >= 4 is 17.5 Å². The van der Waals surface area contributed by atoms with E-state index in [1.165, 1.54) is 24.8 Å². The van der Waals surface area contributed by atoms with Crippen LogP contribution in [0.15, 0.2) is 59.7 Å². The summed E-state index contributed by atoms with van der Waals surface area (Å²) in [7, 11) is 1.73. The van der Waals surface area contributed by atoms with E-state index in [1.807, 2.05) is 20.8 Å². The number of hydrogen-bond acceptors (Lipinski definition) is 6. The van der Waals surface area contributed by atoms with Crippen LogP contribution < -0.4 is 15.4 Å². The van der Waals surface area contributed by atoms with Gasteiger partial charge >= 0.3 is 6.03 Å². The van der Waals surface area contributed by atoms with E-state index in [0.717, 1.165) is 5.69 Å². The molecule has 0 spiro atoms. The number of carbonyl (C=O) groups is 1. The fourth-order valence-electron chi connectivity index (χ4n) is 2.97. The SMILES string of the molecule is Cn1nc(C(C)(C)C)cc1NC(=O)Nc1ccc(Oc2ccnc(-c3cocn3)c2)cc1F. The molecule has 3 heterocycles. The number of anilines is 2. The largest absolute Gasteiger partial charge is 0.457 e. The Morgan fingerprint density at radius 2 is 1.85 bits per heavy atom. The molecule has 4 rings (SSSR count). The monoisotopic (exact) mass is 450 g/mol. The van der Waals surface area contributed by atoms with Crippen molar-refractivity contribution in [2.24, 2.45) is 7.05 Å². The molecule has 170 valence electrons. The first kappa shape index (κ1) is 22.0. The molecule has 0 aliphatic carbocycles. The van der Waals surface area contributed by atoms with E-state index in [0.29, 0.717) is 23.0 Å². The molecular weight excluding hydrogens is 427 g/mol. The predicted molar refractivity (Wildman–Crippen MR) is 121 cm³/mol. The minimum Gasteiger partial charge on any atom is -0.457 e. The van der Waals surface area contributed by atoms with Gasteiger partial charge in [-0.05, 0) is 18.2 Å². The number of urea groups is 1. The standard InChI is InChI=1S/C23H23FN6O3/c1-23(2,3)20-11-21(30(4)29-20)28-22(31)27-17-6-5-14(9-16(17)24)33-15-7-8-25-18(10-15)19-12-32-13-26-19/h5-13H,1-4H3,(H2,27,28,31). The number of carbonyl (C=O) groups excluding carboxylic acids is 1. The van der Waals surface area contributed by atoms with Crippen molar-refractivity contribution in [2.45, 2.75) is 26.2 Å². The third kappa shape index (κ3) is 5.17. The van der Waals surface area contributed by atoms with Crippen LogP contribution in [-0.2, 0) is 12.5 Å². The van der Waals surface area contributed by atoms with Crippen LogP contribution in [0.25, 0.3) is 11.4 Å². The van der Waals surface area contributed by atoms with Gasteiger partial charge in [0.25, 0.3) is 0 Å². The minimum absolute atomic E-state index is 0.0103. The molecule has 0 saturated heterocycles. The number of halogens is 1. The van der Waals surface area contributed by atoms with E-state index in [9.17, 15) is 9.18 Å². The zero-order valence-electron chi connectivity index (χ0n) is 18.6. The molecule has 10 heteroatoms. The van der Waals surface area contributed by atoms with Gasteiger partial charge in [0.2, 0.25) is 0 Å². The van der Waals surface area contributed by atoms with Gasteiger partial charge in [0.15, 0.2) is 6.39 Å². The molecule has 2 N–H and O–H groups in total. The van der Waals surface area contributed by atoms with Gasteiger partial charge in [-0.3, -0.25) is 15.0 Å². The van der Waals surface area contributed by atoms with Crippen LogP contribution in [0.2, 0.25) is 0 Å². The topological polar surface area (TPSA) is 107 Å². The lowest BCUT2D eigenvalue weighted by Gasteiger charge is -2.13. The molecule has 0 unspecified atom stereocenters. The second-order valence-electron chi connectivity index (χ2n) is 8.36. The highest BCUT2D eigenvalue weighted by Gasteiger charge is 2.20. The Balaban J connectivity index is 1.42. The molecule has 0 saturated carbocycles. The van der Waals surface area contributed by atoms with E-state index >= 15 is 0 Å². The average Bonchev–Trinajstić information content (AvgIpc) is 3.41. The zero-order valence-corrected chi connectivity index (χ0v) is 18.6. The first-order chi connectivity index (χ1) is 15.7. The number of amides is 2. The highest BCUT2D eigenvalue weighted by atomic mass is 19.1. The summed E-state index contributed by atoms with van der Waals surface area (Å²) in [5, 5.41) is 9.59. The lowest BCUT2D eigenvalue weighted by molar-refractivity contribution is 0.262. The summed E-state index contributed by atoms with van der Waals surface area (Å²) in [6.07, 6.45) is 4.33. The maximum atomic E-state index is 14.6. The molecule has 0 atom stereocenters. The highest BCUT2D eigenvalue weighted by molar-refractivity contribution is 5.99. The van der Waals surface area contributed by atoms with Crippen molar-refractivity contribution in [3.8, 4) is 22.9 Å². The number of pyridine rings is 1. The number of nitrogens with zero attached hydrogens (tertiary/aromatic N) is 4. The van der Waals surface area contributed by atoms with Crippen LogP contribution >= 0.6 is 0 Å². The van der Waals surface area contributed by atoms with Crippen LogP contribution in [0.3, 0.4) is 0 Å². The fraction of sp³-hybridized carbons (Fsp3) is 0.217. The quantitative estimate of drug-likeness (QED) is 0.425. The molecule has 4 aromatic rings. The van der Waals surface area contributed by atoms with Crippen molar-refractivity contribution in [2.75, 3.05) is 10.6 Å². The zero-order chi connectivity index (χ0) is 23.6. The summed E-state index contributed by atoms with van der Waals surface area (Å²) in [4.78, 5) is 20.6. The molecule has 33 heavy (non-hydrogen) atoms. The Morgan fingerprint density at radius 3 is 2.52 bits per heavy atom. The molecule has 1 aromatic carbocycles. The number of aromatic nitrogens is 4. The molecule has 0 aliphatic rings. The van der Waals surface area contributed by atoms with Gasteiger partial charge in [-0.2, -0.15) is 5.10 Å². The molecule has 2 amide bonds. The molecule has 0 aliphatic heterocycles. The van der Waals surface area contributed by atoms with Crippen LogP contribution in [-0.4, -0.2) is 25.8 Å². The van der Waals surface area contributed by atoms with E-state index in [2.05, 4.69) is 25.7 Å². The van der Waals surface area contributed by atoms with Crippen LogP contribution in [0, 0.1) is 5.82 Å². The van der Waals surface area contributed by atoms with Gasteiger partial charge in [0.05, 0.1) is 17.1 Å². The Labute approximate surface area is 189 Å². The third-order valence-electron chi connectivity index (χ3n) is 4.74. The van der Waals surface area contributed by atoms with Gasteiger partial charge in [-0.25, -0.2) is 14.2 Å². The van der Waals surface area contributed by atoms with E-state index in [1.54, 1.807) is 42.2 Å². The van der Waals surface area contributed by atoms with E-state index in [-0.39, 0.29) is 16.9 Å². The number of nitrogens with one attached hydrogen (secondary N) is 2. The summed E-state index contributed by atoms with van der Waals surface area (Å²) in [6.45, 7) is 6.08. The van der Waals surface area contributed by atoms with Gasteiger partial charge in [-0.15, -0.1) is 0 Å². The van der Waals surface area contributed by atoms with Gasteiger partial charge in [-0.1, -0.05) is 20.8 Å². The highest BCUT2D eigenvalue weighted by Crippen LogP contribution is 2.28. The third-order valence-corrected chi connectivity index (χ3v) is 4.74. The maximum absolute atomic E-state index is 14.6. The molecule has 9 nitrogen and oxygen atoms in total. The lowest BCUT2D eigenvalue weighted by atomic mass is 9.92. The fourth-order valence-corrected chi connectivity index (χ4v) is 2.97. The van der Waals surface area contributed by atoms with Crippen LogP contribution in [0.1, 0.15) is 26.5 Å². The number of rotatable bonds is 5. The van der Waals surface area contributed by atoms with Gasteiger partial charge in [0.1, 0.15) is 35.1 Å². The number of ether oxygens (including phenoxy) is 1. The van der Waals surface area contributed by atoms with E-state index in [4.69, 9.17) is 9.15 Å². The molecule has 0 bridgehead atoms. The summed E-state index contributed by atoms with van der Waals surface area (Å²) in [5.74, 6) is 0.566. The first-order valence-corrected chi connectivity index (χ1v) is 10.1. The Kier molecular flexibility index (Phi) is 5.82. The number of benzene rings is 1. The maximum Gasteiger partial charge on any atom is 0.324 e. The van der Waals surface area contributed by atoms with Crippen molar-refractivity contribution in [1.29, 1.82) is 0 Å². The van der Waals surface area contributed by atoms with Crippen molar-refractivity contribution in [1.82, 2.24) is 19.7 Å². The van der Waals surface area contributed by atoms with Crippen molar-refractivity contribution < 1.29 is 18.3 Å². The van der Waals surface area contributed by atoms with Crippen molar-refractivity contribution in [3.63, 3.8) is 0 Å². The predicted octanol–water partition coefficient (Wildman–Crippen LogP) is 5.34. The molecule has 3 aromatic heterocycles. The summed E-state index contributed by atoms with van der Waals surface area (Å²) in [6, 6.07) is 8.67.